The molecule has 0 radical (unpaired) electrons. The normalized spacial score (nSPS) is 11.1. The first-order valence-corrected chi connectivity index (χ1v) is 9.22. The minimum Gasteiger partial charge on any atom is -0.494 e. The number of ether oxygens (including phenoxy) is 1. The summed E-state index contributed by atoms with van der Waals surface area (Å²) in [5, 5.41) is 9.79. The molecular weight excluding hydrogens is 340 g/mol. The van der Waals surface area contributed by atoms with Crippen LogP contribution in [0.5, 0.6) is 5.75 Å². The molecule has 0 aliphatic heterocycles. The Morgan fingerprint density at radius 1 is 1.24 bits per heavy atom. The van der Waals surface area contributed by atoms with Gasteiger partial charge in [-0.3, -0.25) is 4.79 Å². The van der Waals surface area contributed by atoms with Gasteiger partial charge in [-0.05, 0) is 43.0 Å². The van der Waals surface area contributed by atoms with Crippen LogP contribution in [-0.4, -0.2) is 23.9 Å². The second-order valence-corrected chi connectivity index (χ2v) is 6.50. The third kappa shape index (κ3) is 3.35. The Kier molecular flexibility index (Phi) is 4.99. The number of rotatable bonds is 6. The summed E-state index contributed by atoms with van der Waals surface area (Å²) in [5.41, 5.74) is 0.670. The van der Waals surface area contributed by atoms with Crippen LogP contribution in [0.2, 0.25) is 0 Å². The summed E-state index contributed by atoms with van der Waals surface area (Å²) in [6, 6.07) is 7.84. The molecule has 0 spiro atoms. The lowest BCUT2D eigenvalue weighted by Crippen LogP contribution is -2.06. The van der Waals surface area contributed by atoms with Gasteiger partial charge >= 0.3 is 5.97 Å². The topological polar surface area (TPSA) is 76.7 Å². The number of carboxylic acid groups (broad SMARTS) is 1. The largest absolute Gasteiger partial charge is 0.494 e. The number of hydrogen-bond acceptors (Lipinski definition) is 5. The molecule has 0 saturated carbocycles. The van der Waals surface area contributed by atoms with Gasteiger partial charge in [-0.25, -0.2) is 4.79 Å². The van der Waals surface area contributed by atoms with Gasteiger partial charge in [0.2, 0.25) is 5.43 Å². The fourth-order valence-electron chi connectivity index (χ4n) is 2.60. The van der Waals surface area contributed by atoms with E-state index in [-0.39, 0.29) is 16.4 Å². The molecular formula is C19H18O5S. The summed E-state index contributed by atoms with van der Waals surface area (Å²) in [5.74, 6) is -0.464. The van der Waals surface area contributed by atoms with Gasteiger partial charge in [-0.15, -0.1) is 11.8 Å². The third-order valence-corrected chi connectivity index (χ3v) is 4.69. The van der Waals surface area contributed by atoms with Crippen molar-refractivity contribution in [2.45, 2.75) is 24.7 Å². The number of aromatic carboxylic acids is 1. The molecule has 0 saturated heterocycles. The number of unbranched alkanes of at least 4 members (excludes halogenated alkanes) is 1. The van der Waals surface area contributed by atoms with E-state index in [0.29, 0.717) is 28.9 Å². The lowest BCUT2D eigenvalue weighted by molar-refractivity contribution is 0.0697. The molecule has 5 nitrogen and oxygen atoms in total. The predicted molar refractivity (Wildman–Crippen MR) is 99.1 cm³/mol. The Labute approximate surface area is 148 Å². The highest BCUT2D eigenvalue weighted by Gasteiger charge is 2.15. The van der Waals surface area contributed by atoms with E-state index in [1.165, 1.54) is 30.0 Å². The lowest BCUT2D eigenvalue weighted by atomic mass is 10.1. The van der Waals surface area contributed by atoms with Gasteiger partial charge in [-0.1, -0.05) is 13.3 Å². The smallest absolute Gasteiger partial charge is 0.335 e. The number of fused-ring (bicyclic) bond motifs is 2. The van der Waals surface area contributed by atoms with Crippen molar-refractivity contribution in [2.75, 3.05) is 12.9 Å². The van der Waals surface area contributed by atoms with E-state index < -0.39 is 5.97 Å². The van der Waals surface area contributed by atoms with Crippen LogP contribution in [-0.2, 0) is 0 Å². The molecule has 0 unspecified atom stereocenters. The zero-order valence-electron chi connectivity index (χ0n) is 14.0. The SMILES string of the molecule is CCCCOc1cc(SC)c2oc3ccc(C(=O)O)cc3c(=O)c2c1. The average Bonchev–Trinajstić information content (AvgIpc) is 2.61. The maximum atomic E-state index is 12.9. The van der Waals surface area contributed by atoms with E-state index in [2.05, 4.69) is 6.92 Å². The highest BCUT2D eigenvalue weighted by Crippen LogP contribution is 2.32. The second kappa shape index (κ2) is 7.19. The minimum absolute atomic E-state index is 0.0552. The van der Waals surface area contributed by atoms with Gasteiger partial charge in [-0.2, -0.15) is 0 Å². The molecule has 130 valence electrons. The zero-order valence-corrected chi connectivity index (χ0v) is 14.8. The van der Waals surface area contributed by atoms with Crippen molar-refractivity contribution in [3.63, 3.8) is 0 Å². The lowest BCUT2D eigenvalue weighted by Gasteiger charge is -2.10. The molecule has 1 heterocycles. The Morgan fingerprint density at radius 3 is 2.72 bits per heavy atom. The standard InChI is InChI=1S/C19H18O5S/c1-3-4-7-23-12-9-14-17(20)13-8-11(19(21)22)5-6-15(13)24-18(14)16(10-12)25-2/h5-6,8-10H,3-4,7H2,1-2H3,(H,21,22). The summed E-state index contributed by atoms with van der Waals surface area (Å²) < 4.78 is 11.6. The highest BCUT2D eigenvalue weighted by molar-refractivity contribution is 7.98. The Bertz CT molecular complexity index is 1010. The number of carbonyl (C=O) groups is 1. The molecule has 0 aliphatic carbocycles. The molecule has 0 atom stereocenters. The average molecular weight is 358 g/mol. The van der Waals surface area contributed by atoms with Crippen LogP contribution in [0.4, 0.5) is 0 Å². The molecule has 1 N–H and O–H groups in total. The molecule has 25 heavy (non-hydrogen) atoms. The van der Waals surface area contributed by atoms with Gasteiger partial charge in [0, 0.05) is 0 Å². The van der Waals surface area contributed by atoms with Crippen molar-refractivity contribution in [1.82, 2.24) is 0 Å². The van der Waals surface area contributed by atoms with Gasteiger partial charge in [0.25, 0.3) is 0 Å². The molecule has 2 aromatic carbocycles. The first-order chi connectivity index (χ1) is 12.0. The third-order valence-electron chi connectivity index (χ3n) is 3.94. The van der Waals surface area contributed by atoms with Gasteiger partial charge in [0.1, 0.15) is 11.3 Å². The maximum absolute atomic E-state index is 12.9. The number of thioether (sulfide) groups is 1. The second-order valence-electron chi connectivity index (χ2n) is 5.65. The van der Waals surface area contributed by atoms with Crippen molar-refractivity contribution in [3.05, 3.63) is 46.1 Å². The highest BCUT2D eigenvalue weighted by atomic mass is 32.2. The first-order valence-electron chi connectivity index (χ1n) is 8.00. The van der Waals surface area contributed by atoms with Crippen molar-refractivity contribution in [1.29, 1.82) is 0 Å². The maximum Gasteiger partial charge on any atom is 0.335 e. The summed E-state index contributed by atoms with van der Waals surface area (Å²) >= 11 is 1.47. The van der Waals surface area contributed by atoms with Crippen LogP contribution in [0.25, 0.3) is 21.9 Å². The van der Waals surface area contributed by atoms with E-state index in [1.807, 2.05) is 12.3 Å². The van der Waals surface area contributed by atoms with Crippen molar-refractivity contribution >= 4 is 39.7 Å². The van der Waals surface area contributed by atoms with Crippen molar-refractivity contribution < 1.29 is 19.1 Å². The van der Waals surface area contributed by atoms with Gasteiger partial charge in [0.05, 0.1) is 27.8 Å². The molecule has 0 fully saturated rings. The number of benzene rings is 2. The monoisotopic (exact) mass is 358 g/mol. The van der Waals surface area contributed by atoms with E-state index in [4.69, 9.17) is 14.3 Å². The summed E-state index contributed by atoms with van der Waals surface area (Å²) in [6.07, 6.45) is 3.86. The summed E-state index contributed by atoms with van der Waals surface area (Å²) in [7, 11) is 0. The number of carboxylic acids is 1. The quantitative estimate of drug-likeness (QED) is 0.396. The zero-order chi connectivity index (χ0) is 18.0. The predicted octanol–water partition coefficient (Wildman–Crippen LogP) is 4.55. The summed E-state index contributed by atoms with van der Waals surface area (Å²) in [4.78, 5) is 24.9. The van der Waals surface area contributed by atoms with Crippen LogP contribution in [0.15, 0.2) is 44.4 Å². The van der Waals surface area contributed by atoms with Gasteiger partial charge < -0.3 is 14.3 Å². The Morgan fingerprint density at radius 2 is 2.04 bits per heavy atom. The van der Waals surface area contributed by atoms with Crippen LogP contribution >= 0.6 is 11.8 Å². The van der Waals surface area contributed by atoms with Crippen molar-refractivity contribution in [3.8, 4) is 5.75 Å². The van der Waals surface area contributed by atoms with Gasteiger partial charge in [0.15, 0.2) is 5.58 Å². The van der Waals surface area contributed by atoms with E-state index in [9.17, 15) is 9.59 Å². The van der Waals surface area contributed by atoms with Crippen LogP contribution < -0.4 is 10.2 Å². The summed E-state index contributed by atoms with van der Waals surface area (Å²) in [6.45, 7) is 2.66. The van der Waals surface area contributed by atoms with E-state index in [1.54, 1.807) is 6.07 Å². The fraction of sp³-hybridized carbons (Fsp3) is 0.263. The molecule has 0 bridgehead atoms. The van der Waals surface area contributed by atoms with Crippen molar-refractivity contribution in [2.24, 2.45) is 0 Å². The van der Waals surface area contributed by atoms with Crippen LogP contribution in [0, 0.1) is 0 Å². The van der Waals surface area contributed by atoms with Crippen LogP contribution in [0.1, 0.15) is 30.1 Å². The fourth-order valence-corrected chi connectivity index (χ4v) is 3.18. The molecule has 0 aliphatic rings. The minimum atomic E-state index is -1.08. The molecule has 0 amide bonds. The Balaban J connectivity index is 2.24. The number of hydrogen-bond donors (Lipinski definition) is 1. The van der Waals surface area contributed by atoms with E-state index >= 15 is 0 Å². The molecule has 6 heteroatoms. The molecule has 1 aromatic heterocycles. The Hall–Kier alpha value is -2.47. The van der Waals surface area contributed by atoms with Crippen LogP contribution in [0.3, 0.4) is 0 Å². The molecule has 3 rings (SSSR count). The van der Waals surface area contributed by atoms with E-state index in [0.717, 1.165) is 17.7 Å². The first kappa shape index (κ1) is 17.4. The molecule has 3 aromatic rings.